The summed E-state index contributed by atoms with van der Waals surface area (Å²) in [5, 5.41) is 0. The van der Waals surface area contributed by atoms with E-state index < -0.39 is 5.60 Å². The van der Waals surface area contributed by atoms with Crippen LogP contribution in [0, 0.1) is 6.92 Å². The molecule has 4 nitrogen and oxygen atoms in total. The molecule has 2 aliphatic heterocycles. The highest BCUT2D eigenvalue weighted by atomic mass is 16.6. The molecule has 0 aliphatic carbocycles. The number of carbonyl (C=O) groups excluding carboxylic acids is 1. The molecule has 1 unspecified atom stereocenters. The van der Waals surface area contributed by atoms with E-state index in [-0.39, 0.29) is 5.97 Å². The molecular weight excluding hydrogens is 362 g/mol. The fourth-order valence-electron chi connectivity index (χ4n) is 4.56. The standard InChI is InChI=1S/C25H23NO3/c1-4-26(5-2)17-11-12-20-23(15-17)28-22-13-10-16(3)14-21(22)25(20)19-9-7-6-8-18(19)24(27)29-25/h6-15H,4-5H2,1-3H3. The van der Waals surface area contributed by atoms with Gasteiger partial charge in [-0.3, -0.25) is 0 Å². The third kappa shape index (κ3) is 2.42. The molecule has 0 saturated carbocycles. The highest BCUT2D eigenvalue weighted by Crippen LogP contribution is 2.56. The number of benzene rings is 3. The van der Waals surface area contributed by atoms with Crippen molar-refractivity contribution in [1.82, 2.24) is 0 Å². The zero-order valence-electron chi connectivity index (χ0n) is 16.9. The Morgan fingerprint density at radius 1 is 0.862 bits per heavy atom. The average molecular weight is 385 g/mol. The molecule has 2 heterocycles. The number of carbonyl (C=O) groups is 1. The first-order valence-corrected chi connectivity index (χ1v) is 10.1. The summed E-state index contributed by atoms with van der Waals surface area (Å²) in [5.74, 6) is 1.16. The van der Waals surface area contributed by atoms with Crippen molar-refractivity contribution in [2.24, 2.45) is 0 Å². The molecule has 1 spiro atoms. The summed E-state index contributed by atoms with van der Waals surface area (Å²) in [6.07, 6.45) is 0. The molecular formula is C25H23NO3. The Hall–Kier alpha value is -3.27. The summed E-state index contributed by atoms with van der Waals surface area (Å²) in [7, 11) is 0. The fraction of sp³-hybridized carbons (Fsp3) is 0.240. The van der Waals surface area contributed by atoms with E-state index in [4.69, 9.17) is 9.47 Å². The van der Waals surface area contributed by atoms with Crippen LogP contribution in [0.4, 0.5) is 5.69 Å². The molecule has 146 valence electrons. The third-order valence-corrected chi connectivity index (χ3v) is 5.98. The highest BCUT2D eigenvalue weighted by Gasteiger charge is 2.53. The van der Waals surface area contributed by atoms with Crippen LogP contribution in [0.2, 0.25) is 0 Å². The van der Waals surface area contributed by atoms with E-state index >= 15 is 0 Å². The van der Waals surface area contributed by atoms with Gasteiger partial charge in [-0.25, -0.2) is 4.79 Å². The van der Waals surface area contributed by atoms with Crippen LogP contribution in [0.3, 0.4) is 0 Å². The quantitative estimate of drug-likeness (QED) is 0.565. The number of anilines is 1. The topological polar surface area (TPSA) is 38.8 Å². The van der Waals surface area contributed by atoms with Gasteiger partial charge in [-0.1, -0.05) is 29.8 Å². The molecule has 0 fully saturated rings. The van der Waals surface area contributed by atoms with Gasteiger partial charge in [-0.15, -0.1) is 0 Å². The molecule has 3 aromatic rings. The van der Waals surface area contributed by atoms with Crippen molar-refractivity contribution in [1.29, 1.82) is 0 Å². The highest BCUT2D eigenvalue weighted by molar-refractivity contribution is 5.97. The summed E-state index contributed by atoms with van der Waals surface area (Å²) in [6.45, 7) is 8.13. The smallest absolute Gasteiger partial charge is 0.340 e. The van der Waals surface area contributed by atoms with Crippen molar-refractivity contribution in [2.75, 3.05) is 18.0 Å². The number of esters is 1. The lowest BCUT2D eigenvalue weighted by Crippen LogP contribution is -2.33. The Bertz CT molecular complexity index is 1130. The van der Waals surface area contributed by atoms with E-state index in [2.05, 4.69) is 36.9 Å². The molecule has 4 heteroatoms. The Kier molecular flexibility index (Phi) is 3.91. The maximum Gasteiger partial charge on any atom is 0.340 e. The van der Waals surface area contributed by atoms with Crippen molar-refractivity contribution in [2.45, 2.75) is 26.4 Å². The molecule has 0 bridgehead atoms. The number of hydrogen-bond donors (Lipinski definition) is 0. The maximum atomic E-state index is 12.8. The van der Waals surface area contributed by atoms with Gasteiger partial charge in [0.2, 0.25) is 0 Å². The number of rotatable bonds is 3. The first-order valence-electron chi connectivity index (χ1n) is 10.1. The first-order chi connectivity index (χ1) is 14.1. The lowest BCUT2D eigenvalue weighted by atomic mass is 9.77. The Balaban J connectivity index is 1.81. The molecule has 5 rings (SSSR count). The predicted molar refractivity (Wildman–Crippen MR) is 113 cm³/mol. The van der Waals surface area contributed by atoms with Crippen molar-refractivity contribution in [3.63, 3.8) is 0 Å². The number of ether oxygens (including phenoxy) is 2. The van der Waals surface area contributed by atoms with Gasteiger partial charge in [0.15, 0.2) is 5.60 Å². The summed E-state index contributed by atoms with van der Waals surface area (Å²) < 4.78 is 12.5. The predicted octanol–water partition coefficient (Wildman–Crippen LogP) is 5.41. The van der Waals surface area contributed by atoms with Gasteiger partial charge in [-0.2, -0.15) is 0 Å². The molecule has 0 aromatic heterocycles. The van der Waals surface area contributed by atoms with Gasteiger partial charge >= 0.3 is 5.97 Å². The second kappa shape index (κ2) is 6.38. The van der Waals surface area contributed by atoms with Crippen LogP contribution in [-0.2, 0) is 10.3 Å². The lowest BCUT2D eigenvalue weighted by molar-refractivity contribution is 0.0224. The molecule has 2 aliphatic rings. The van der Waals surface area contributed by atoms with Gasteiger partial charge in [0.25, 0.3) is 0 Å². The van der Waals surface area contributed by atoms with E-state index in [0.717, 1.165) is 52.5 Å². The molecule has 0 N–H and O–H groups in total. The first kappa shape index (κ1) is 17.8. The SMILES string of the molecule is CCN(CC)c1ccc2c(c1)Oc1ccc(C)cc1C21OC(=O)c2ccccc21. The molecule has 29 heavy (non-hydrogen) atoms. The van der Waals surface area contributed by atoms with Gasteiger partial charge in [0.05, 0.1) is 5.56 Å². The maximum absolute atomic E-state index is 12.8. The largest absolute Gasteiger partial charge is 0.456 e. The minimum atomic E-state index is -0.982. The Morgan fingerprint density at radius 3 is 2.45 bits per heavy atom. The van der Waals surface area contributed by atoms with Crippen molar-refractivity contribution >= 4 is 11.7 Å². The summed E-state index contributed by atoms with van der Waals surface area (Å²) in [5.41, 5.74) is 4.43. The van der Waals surface area contributed by atoms with Crippen molar-refractivity contribution in [3.8, 4) is 11.5 Å². The summed E-state index contributed by atoms with van der Waals surface area (Å²) in [6, 6.07) is 19.9. The normalized spacial score (nSPS) is 18.5. The second-order valence-corrected chi connectivity index (χ2v) is 7.57. The van der Waals surface area contributed by atoms with Crippen LogP contribution < -0.4 is 9.64 Å². The van der Waals surface area contributed by atoms with Crippen LogP contribution in [0.25, 0.3) is 0 Å². The van der Waals surface area contributed by atoms with E-state index in [1.165, 1.54) is 0 Å². The van der Waals surface area contributed by atoms with Gasteiger partial charge in [-0.05, 0) is 51.1 Å². The number of hydrogen-bond acceptors (Lipinski definition) is 4. The van der Waals surface area contributed by atoms with Crippen LogP contribution >= 0.6 is 0 Å². The number of fused-ring (bicyclic) bond motifs is 6. The summed E-state index contributed by atoms with van der Waals surface area (Å²) >= 11 is 0. The average Bonchev–Trinajstić information content (AvgIpc) is 3.03. The van der Waals surface area contributed by atoms with Crippen LogP contribution in [0.1, 0.15) is 46.5 Å². The van der Waals surface area contributed by atoms with E-state index in [1.54, 1.807) is 0 Å². The second-order valence-electron chi connectivity index (χ2n) is 7.57. The van der Waals surface area contributed by atoms with Crippen molar-refractivity contribution in [3.05, 3.63) is 88.5 Å². The number of aryl methyl sites for hydroxylation is 1. The summed E-state index contributed by atoms with van der Waals surface area (Å²) in [4.78, 5) is 15.1. The lowest BCUT2D eigenvalue weighted by Gasteiger charge is -2.37. The minimum Gasteiger partial charge on any atom is -0.456 e. The Morgan fingerprint density at radius 2 is 1.66 bits per heavy atom. The zero-order chi connectivity index (χ0) is 20.2. The molecule has 3 aromatic carbocycles. The zero-order valence-corrected chi connectivity index (χ0v) is 16.9. The van der Waals surface area contributed by atoms with Gasteiger partial charge < -0.3 is 14.4 Å². The van der Waals surface area contributed by atoms with E-state index in [9.17, 15) is 4.79 Å². The van der Waals surface area contributed by atoms with E-state index in [0.29, 0.717) is 5.56 Å². The third-order valence-electron chi connectivity index (χ3n) is 5.98. The molecule has 1 atom stereocenters. The number of nitrogens with zero attached hydrogens (tertiary/aromatic N) is 1. The van der Waals surface area contributed by atoms with Crippen LogP contribution in [0.15, 0.2) is 60.7 Å². The molecule has 0 saturated heterocycles. The van der Waals surface area contributed by atoms with Crippen molar-refractivity contribution < 1.29 is 14.3 Å². The van der Waals surface area contributed by atoms with Crippen LogP contribution in [-0.4, -0.2) is 19.1 Å². The van der Waals surface area contributed by atoms with Gasteiger partial charge in [0.1, 0.15) is 11.5 Å². The van der Waals surface area contributed by atoms with E-state index in [1.807, 2.05) is 49.4 Å². The minimum absolute atomic E-state index is 0.297. The van der Waals surface area contributed by atoms with Crippen LogP contribution in [0.5, 0.6) is 11.5 Å². The van der Waals surface area contributed by atoms with Gasteiger partial charge in [0, 0.05) is 41.5 Å². The Labute approximate surface area is 170 Å². The molecule has 0 radical (unpaired) electrons. The molecule has 0 amide bonds. The monoisotopic (exact) mass is 385 g/mol. The fourth-order valence-corrected chi connectivity index (χ4v) is 4.56.